The average Bonchev–Trinajstić information content (AvgIpc) is 2.68. The standard InChI is InChI=1S/C13H24N6/c1-3-18(4-2)13-16-11(14)10-12(17-13)19-8-5-6-15-7-9-19/h10,15H,3-9H2,1-2H3,(H2,14,16,17). The Kier molecular flexibility index (Phi) is 4.79. The topological polar surface area (TPSA) is 70.3 Å². The van der Waals surface area contributed by atoms with Crippen LogP contribution in [0.25, 0.3) is 0 Å². The molecule has 2 rings (SSSR count). The van der Waals surface area contributed by atoms with Gasteiger partial charge < -0.3 is 20.9 Å². The minimum atomic E-state index is 0.545. The Bertz CT molecular complexity index is 396. The predicted molar refractivity (Wildman–Crippen MR) is 79.7 cm³/mol. The van der Waals surface area contributed by atoms with Crippen molar-refractivity contribution in [3.63, 3.8) is 0 Å². The average molecular weight is 264 g/mol. The molecule has 1 aromatic heterocycles. The Labute approximate surface area is 115 Å². The first kappa shape index (κ1) is 13.9. The lowest BCUT2D eigenvalue weighted by Gasteiger charge is -2.24. The Morgan fingerprint density at radius 1 is 1.26 bits per heavy atom. The molecule has 0 unspecified atom stereocenters. The molecule has 19 heavy (non-hydrogen) atoms. The molecule has 1 saturated heterocycles. The number of nitrogens with one attached hydrogen (secondary N) is 1. The molecule has 0 aromatic carbocycles. The van der Waals surface area contributed by atoms with Crippen LogP contribution in [0.4, 0.5) is 17.6 Å². The zero-order valence-corrected chi connectivity index (χ0v) is 11.9. The molecule has 3 N–H and O–H groups in total. The molecule has 0 atom stereocenters. The van der Waals surface area contributed by atoms with Crippen LogP contribution in [0.15, 0.2) is 6.07 Å². The van der Waals surface area contributed by atoms with Crippen LogP contribution in [-0.4, -0.2) is 49.2 Å². The molecule has 106 valence electrons. The van der Waals surface area contributed by atoms with Gasteiger partial charge in [-0.25, -0.2) is 0 Å². The van der Waals surface area contributed by atoms with Crippen molar-refractivity contribution in [2.24, 2.45) is 0 Å². The number of anilines is 3. The number of nitrogens with zero attached hydrogens (tertiary/aromatic N) is 4. The van der Waals surface area contributed by atoms with Crippen LogP contribution in [0, 0.1) is 0 Å². The highest BCUT2D eigenvalue weighted by atomic mass is 15.3. The molecule has 6 nitrogen and oxygen atoms in total. The molecule has 0 aliphatic carbocycles. The van der Waals surface area contributed by atoms with Gasteiger partial charge in [-0.05, 0) is 26.8 Å². The Hall–Kier alpha value is -1.56. The van der Waals surface area contributed by atoms with Gasteiger partial charge in [0, 0.05) is 38.8 Å². The highest BCUT2D eigenvalue weighted by Crippen LogP contribution is 2.19. The molecule has 1 aliphatic heterocycles. The van der Waals surface area contributed by atoms with Gasteiger partial charge in [0.15, 0.2) is 0 Å². The van der Waals surface area contributed by atoms with E-state index >= 15 is 0 Å². The second-order valence-corrected chi connectivity index (χ2v) is 4.71. The van der Waals surface area contributed by atoms with Gasteiger partial charge in [0.25, 0.3) is 0 Å². The van der Waals surface area contributed by atoms with Gasteiger partial charge in [0.2, 0.25) is 5.95 Å². The highest BCUT2D eigenvalue weighted by Gasteiger charge is 2.14. The van der Waals surface area contributed by atoms with Gasteiger partial charge in [-0.15, -0.1) is 0 Å². The van der Waals surface area contributed by atoms with Gasteiger partial charge in [-0.1, -0.05) is 0 Å². The van der Waals surface area contributed by atoms with Crippen molar-refractivity contribution in [2.45, 2.75) is 20.3 Å². The fraction of sp³-hybridized carbons (Fsp3) is 0.692. The lowest BCUT2D eigenvalue weighted by Crippen LogP contribution is -2.30. The van der Waals surface area contributed by atoms with Gasteiger partial charge in [-0.3, -0.25) is 0 Å². The van der Waals surface area contributed by atoms with E-state index in [4.69, 9.17) is 5.73 Å². The summed E-state index contributed by atoms with van der Waals surface area (Å²) in [5, 5.41) is 3.39. The van der Waals surface area contributed by atoms with Crippen molar-refractivity contribution in [3.8, 4) is 0 Å². The van der Waals surface area contributed by atoms with E-state index in [-0.39, 0.29) is 0 Å². The number of hydrogen-bond donors (Lipinski definition) is 2. The zero-order valence-electron chi connectivity index (χ0n) is 11.9. The van der Waals surface area contributed by atoms with Crippen LogP contribution in [0.2, 0.25) is 0 Å². The van der Waals surface area contributed by atoms with Crippen molar-refractivity contribution in [1.29, 1.82) is 0 Å². The SMILES string of the molecule is CCN(CC)c1nc(N)cc(N2CCCNCC2)n1. The molecule has 0 amide bonds. The summed E-state index contributed by atoms with van der Waals surface area (Å²) in [6.07, 6.45) is 1.13. The number of nitrogens with two attached hydrogens (primary N) is 1. The molecule has 0 radical (unpaired) electrons. The third-order valence-electron chi connectivity index (χ3n) is 3.43. The quantitative estimate of drug-likeness (QED) is 0.834. The molecule has 6 heteroatoms. The van der Waals surface area contributed by atoms with Gasteiger partial charge in [0.05, 0.1) is 0 Å². The Balaban J connectivity index is 2.24. The van der Waals surface area contributed by atoms with Crippen molar-refractivity contribution >= 4 is 17.6 Å². The van der Waals surface area contributed by atoms with Crippen molar-refractivity contribution in [1.82, 2.24) is 15.3 Å². The lowest BCUT2D eigenvalue weighted by molar-refractivity contribution is 0.724. The van der Waals surface area contributed by atoms with Gasteiger partial charge in [0.1, 0.15) is 11.6 Å². The number of rotatable bonds is 4. The van der Waals surface area contributed by atoms with Gasteiger partial charge >= 0.3 is 0 Å². The van der Waals surface area contributed by atoms with Crippen LogP contribution in [-0.2, 0) is 0 Å². The zero-order chi connectivity index (χ0) is 13.7. The van der Waals surface area contributed by atoms with Crippen molar-refractivity contribution in [3.05, 3.63) is 6.07 Å². The fourth-order valence-corrected chi connectivity index (χ4v) is 2.32. The summed E-state index contributed by atoms with van der Waals surface area (Å²) >= 11 is 0. The second-order valence-electron chi connectivity index (χ2n) is 4.71. The molecule has 1 aromatic rings. The molecular formula is C13H24N6. The maximum Gasteiger partial charge on any atom is 0.229 e. The molecule has 0 spiro atoms. The second kappa shape index (κ2) is 6.56. The van der Waals surface area contributed by atoms with E-state index in [0.717, 1.165) is 57.5 Å². The summed E-state index contributed by atoms with van der Waals surface area (Å²) in [6, 6.07) is 1.87. The van der Waals surface area contributed by atoms with Gasteiger partial charge in [-0.2, -0.15) is 9.97 Å². The molecule has 1 aliphatic rings. The normalized spacial score (nSPS) is 16.2. The first-order valence-corrected chi connectivity index (χ1v) is 7.09. The third kappa shape index (κ3) is 3.47. The maximum atomic E-state index is 5.93. The molecular weight excluding hydrogens is 240 g/mol. The molecule has 2 heterocycles. The van der Waals surface area contributed by atoms with Crippen LogP contribution >= 0.6 is 0 Å². The number of hydrogen-bond acceptors (Lipinski definition) is 6. The Morgan fingerprint density at radius 2 is 2.05 bits per heavy atom. The highest BCUT2D eigenvalue weighted by molar-refractivity contribution is 5.52. The summed E-state index contributed by atoms with van der Waals surface area (Å²) in [7, 11) is 0. The monoisotopic (exact) mass is 264 g/mol. The summed E-state index contributed by atoms with van der Waals surface area (Å²) in [4.78, 5) is 13.4. The van der Waals surface area contributed by atoms with Crippen LogP contribution < -0.4 is 20.9 Å². The molecule has 1 fully saturated rings. The summed E-state index contributed by atoms with van der Waals surface area (Å²) in [5.74, 6) is 2.22. The summed E-state index contributed by atoms with van der Waals surface area (Å²) in [5.41, 5.74) is 5.93. The van der Waals surface area contributed by atoms with E-state index in [1.54, 1.807) is 0 Å². The van der Waals surface area contributed by atoms with Crippen molar-refractivity contribution < 1.29 is 0 Å². The largest absolute Gasteiger partial charge is 0.383 e. The maximum absolute atomic E-state index is 5.93. The summed E-state index contributed by atoms with van der Waals surface area (Å²) < 4.78 is 0. The first-order chi connectivity index (χ1) is 9.24. The van der Waals surface area contributed by atoms with E-state index in [1.807, 2.05) is 6.07 Å². The fourth-order valence-electron chi connectivity index (χ4n) is 2.32. The van der Waals surface area contributed by atoms with E-state index < -0.39 is 0 Å². The van der Waals surface area contributed by atoms with E-state index in [0.29, 0.717) is 5.82 Å². The molecule has 0 saturated carbocycles. The minimum Gasteiger partial charge on any atom is -0.383 e. The van der Waals surface area contributed by atoms with Crippen LogP contribution in [0.5, 0.6) is 0 Å². The molecule has 0 bridgehead atoms. The third-order valence-corrected chi connectivity index (χ3v) is 3.43. The van der Waals surface area contributed by atoms with Crippen LogP contribution in [0.3, 0.4) is 0 Å². The first-order valence-electron chi connectivity index (χ1n) is 7.09. The van der Waals surface area contributed by atoms with Crippen LogP contribution in [0.1, 0.15) is 20.3 Å². The van der Waals surface area contributed by atoms with E-state index in [2.05, 4.69) is 38.9 Å². The minimum absolute atomic E-state index is 0.545. The smallest absolute Gasteiger partial charge is 0.229 e. The van der Waals surface area contributed by atoms with E-state index in [9.17, 15) is 0 Å². The van der Waals surface area contributed by atoms with Crippen molar-refractivity contribution in [2.75, 3.05) is 54.8 Å². The lowest BCUT2D eigenvalue weighted by atomic mass is 10.3. The number of nitrogen functional groups attached to an aromatic ring is 1. The Morgan fingerprint density at radius 3 is 2.79 bits per heavy atom. The van der Waals surface area contributed by atoms with E-state index in [1.165, 1.54) is 0 Å². The predicted octanol–water partition coefficient (Wildman–Crippen LogP) is 0.705. The number of aromatic nitrogens is 2. The summed E-state index contributed by atoms with van der Waals surface area (Å²) in [6.45, 7) is 10.0.